The van der Waals surface area contributed by atoms with Crippen LogP contribution >= 0.6 is 11.8 Å². The number of nitrogens with one attached hydrogen (secondary N) is 1. The van der Waals surface area contributed by atoms with Crippen LogP contribution < -0.4 is 5.32 Å². The molecule has 1 unspecified atom stereocenters. The second-order valence-electron chi connectivity index (χ2n) is 6.97. The van der Waals surface area contributed by atoms with Crippen LogP contribution in [0.15, 0.2) is 87.2 Å². The van der Waals surface area contributed by atoms with Crippen molar-refractivity contribution in [2.45, 2.75) is 22.6 Å². The minimum atomic E-state index is -0.238. The molecule has 6 heteroatoms. The van der Waals surface area contributed by atoms with E-state index in [1.807, 2.05) is 54.6 Å². The molecule has 4 rings (SSSR count). The fourth-order valence-corrected chi connectivity index (χ4v) is 4.36. The minimum absolute atomic E-state index is 0.0527. The Labute approximate surface area is 174 Å². The summed E-state index contributed by atoms with van der Waals surface area (Å²) in [4.78, 5) is 29.3. The van der Waals surface area contributed by atoms with Crippen molar-refractivity contribution in [1.29, 1.82) is 0 Å². The second kappa shape index (κ2) is 9.01. The molecule has 0 saturated carbocycles. The first-order chi connectivity index (χ1) is 14.2. The van der Waals surface area contributed by atoms with Crippen molar-refractivity contribution in [2.75, 3.05) is 18.4 Å². The molecule has 1 aliphatic rings. The van der Waals surface area contributed by atoms with E-state index in [4.69, 9.17) is 4.42 Å². The zero-order chi connectivity index (χ0) is 20.1. The van der Waals surface area contributed by atoms with Gasteiger partial charge in [-0.15, -0.1) is 0 Å². The zero-order valence-electron chi connectivity index (χ0n) is 15.9. The summed E-state index contributed by atoms with van der Waals surface area (Å²) in [5.41, 5.74) is 0.792. The monoisotopic (exact) mass is 406 g/mol. The number of hydrogen-bond acceptors (Lipinski definition) is 4. The lowest BCUT2D eigenvalue weighted by molar-refractivity contribution is -0.121. The Morgan fingerprint density at radius 3 is 2.59 bits per heavy atom. The van der Waals surface area contributed by atoms with Gasteiger partial charge in [0.2, 0.25) is 5.91 Å². The molecule has 1 aliphatic heterocycles. The van der Waals surface area contributed by atoms with Crippen molar-refractivity contribution in [3.63, 3.8) is 0 Å². The lowest BCUT2D eigenvalue weighted by Gasteiger charge is -2.31. The average molecular weight is 407 g/mol. The Kier molecular flexibility index (Phi) is 6.00. The molecule has 29 heavy (non-hydrogen) atoms. The quantitative estimate of drug-likeness (QED) is 0.653. The first kappa shape index (κ1) is 19.3. The van der Waals surface area contributed by atoms with Gasteiger partial charge >= 0.3 is 0 Å². The van der Waals surface area contributed by atoms with Gasteiger partial charge in [0, 0.05) is 22.9 Å². The van der Waals surface area contributed by atoms with Crippen molar-refractivity contribution in [3.05, 3.63) is 78.8 Å². The molecule has 1 atom stereocenters. The standard InChI is InChI=1S/C23H22N2O3S/c26-22(17-8-6-14-25(16-17)23(27)20-12-7-15-28-20)24-19-11-4-5-13-21(19)29-18-9-2-1-3-10-18/h1-5,7,9-13,15,17H,6,8,14,16H2,(H,24,26). The predicted molar refractivity (Wildman–Crippen MR) is 113 cm³/mol. The number of rotatable bonds is 5. The van der Waals surface area contributed by atoms with Crippen molar-refractivity contribution in [1.82, 2.24) is 4.90 Å². The summed E-state index contributed by atoms with van der Waals surface area (Å²) in [6.45, 7) is 1.04. The van der Waals surface area contributed by atoms with E-state index in [1.165, 1.54) is 6.26 Å². The van der Waals surface area contributed by atoms with Gasteiger partial charge in [0.15, 0.2) is 5.76 Å². The summed E-state index contributed by atoms with van der Waals surface area (Å²) in [6, 6.07) is 21.2. The van der Waals surface area contributed by atoms with Crippen LogP contribution in [-0.2, 0) is 4.79 Å². The predicted octanol–water partition coefficient (Wildman–Crippen LogP) is 4.92. The topological polar surface area (TPSA) is 62.6 Å². The molecule has 2 aromatic carbocycles. The number of carbonyl (C=O) groups excluding carboxylic acids is 2. The van der Waals surface area contributed by atoms with Crippen molar-refractivity contribution in [3.8, 4) is 0 Å². The number of hydrogen-bond donors (Lipinski definition) is 1. The van der Waals surface area contributed by atoms with E-state index in [2.05, 4.69) is 5.32 Å². The van der Waals surface area contributed by atoms with Crippen LogP contribution in [0.4, 0.5) is 5.69 Å². The molecule has 1 saturated heterocycles. The van der Waals surface area contributed by atoms with E-state index in [1.54, 1.807) is 28.8 Å². The molecule has 2 amide bonds. The lowest BCUT2D eigenvalue weighted by Crippen LogP contribution is -2.43. The van der Waals surface area contributed by atoms with Crippen molar-refractivity contribution >= 4 is 29.3 Å². The van der Waals surface area contributed by atoms with E-state index in [-0.39, 0.29) is 17.7 Å². The SMILES string of the molecule is O=C(Nc1ccccc1Sc1ccccc1)C1CCCN(C(=O)c2ccco2)C1. The number of piperidine rings is 1. The van der Waals surface area contributed by atoms with Crippen LogP contribution in [0.25, 0.3) is 0 Å². The van der Waals surface area contributed by atoms with Crippen molar-refractivity contribution in [2.24, 2.45) is 5.92 Å². The van der Waals surface area contributed by atoms with Gasteiger partial charge < -0.3 is 14.6 Å². The lowest BCUT2D eigenvalue weighted by atomic mass is 9.96. The first-order valence-corrected chi connectivity index (χ1v) is 10.5. The third-order valence-corrected chi connectivity index (χ3v) is 6.01. The molecule has 3 aromatic rings. The number of carbonyl (C=O) groups is 2. The fourth-order valence-electron chi connectivity index (χ4n) is 3.44. The van der Waals surface area contributed by atoms with E-state index < -0.39 is 0 Å². The minimum Gasteiger partial charge on any atom is -0.459 e. The molecule has 148 valence electrons. The number of furan rings is 1. The highest BCUT2D eigenvalue weighted by molar-refractivity contribution is 7.99. The molecule has 0 radical (unpaired) electrons. The molecule has 0 spiro atoms. The van der Waals surface area contributed by atoms with E-state index in [9.17, 15) is 9.59 Å². The molecule has 1 fully saturated rings. The second-order valence-corrected chi connectivity index (χ2v) is 8.08. The van der Waals surface area contributed by atoms with Gasteiger partial charge in [0.25, 0.3) is 5.91 Å². The third kappa shape index (κ3) is 4.71. The molecular formula is C23H22N2O3S. The number of para-hydroxylation sites is 1. The number of likely N-dealkylation sites (tertiary alicyclic amines) is 1. The summed E-state index contributed by atoms with van der Waals surface area (Å²) >= 11 is 1.61. The summed E-state index contributed by atoms with van der Waals surface area (Å²) < 4.78 is 5.22. The maximum Gasteiger partial charge on any atom is 0.289 e. The van der Waals surface area contributed by atoms with E-state index in [0.717, 1.165) is 28.3 Å². The average Bonchev–Trinajstić information content (AvgIpc) is 3.30. The van der Waals surface area contributed by atoms with Crippen LogP contribution in [0.5, 0.6) is 0 Å². The number of anilines is 1. The van der Waals surface area contributed by atoms with Crippen molar-refractivity contribution < 1.29 is 14.0 Å². The Balaban J connectivity index is 1.43. The van der Waals surface area contributed by atoms with Crippen LogP contribution in [0.1, 0.15) is 23.4 Å². The van der Waals surface area contributed by atoms with Gasteiger partial charge in [-0.1, -0.05) is 42.1 Å². The van der Waals surface area contributed by atoms with Gasteiger partial charge in [-0.25, -0.2) is 0 Å². The van der Waals surface area contributed by atoms with Gasteiger partial charge in [-0.05, 0) is 49.2 Å². The highest BCUT2D eigenvalue weighted by Crippen LogP contribution is 2.33. The highest BCUT2D eigenvalue weighted by Gasteiger charge is 2.30. The summed E-state index contributed by atoms with van der Waals surface area (Å²) in [5.74, 6) is -0.135. The summed E-state index contributed by atoms with van der Waals surface area (Å²) in [7, 11) is 0. The van der Waals surface area contributed by atoms with E-state index in [0.29, 0.717) is 18.8 Å². The van der Waals surface area contributed by atoms with E-state index >= 15 is 0 Å². The molecule has 2 heterocycles. The normalized spacial score (nSPS) is 16.4. The van der Waals surface area contributed by atoms with Gasteiger partial charge in [0.1, 0.15) is 0 Å². The first-order valence-electron chi connectivity index (χ1n) is 9.66. The number of nitrogens with zero attached hydrogens (tertiary/aromatic N) is 1. The summed E-state index contributed by atoms with van der Waals surface area (Å²) in [6.07, 6.45) is 3.05. The zero-order valence-corrected chi connectivity index (χ0v) is 16.7. The molecule has 0 aliphatic carbocycles. The Bertz CT molecular complexity index is 973. The van der Waals surface area contributed by atoms with Crippen LogP contribution in [-0.4, -0.2) is 29.8 Å². The number of amides is 2. The highest BCUT2D eigenvalue weighted by atomic mass is 32.2. The van der Waals surface area contributed by atoms with Gasteiger partial charge in [0.05, 0.1) is 17.9 Å². The fraction of sp³-hybridized carbons (Fsp3) is 0.217. The Morgan fingerprint density at radius 2 is 1.79 bits per heavy atom. The largest absolute Gasteiger partial charge is 0.459 e. The maximum absolute atomic E-state index is 12.9. The smallest absolute Gasteiger partial charge is 0.289 e. The molecule has 1 aromatic heterocycles. The Hall–Kier alpha value is -2.99. The third-order valence-electron chi connectivity index (χ3n) is 4.93. The Morgan fingerprint density at radius 1 is 1.00 bits per heavy atom. The number of benzene rings is 2. The van der Waals surface area contributed by atoms with Crippen LogP contribution in [0, 0.1) is 5.92 Å². The summed E-state index contributed by atoms with van der Waals surface area (Å²) in [5, 5.41) is 3.07. The molecule has 5 nitrogen and oxygen atoms in total. The molecular weight excluding hydrogens is 384 g/mol. The van der Waals surface area contributed by atoms with Crippen LogP contribution in [0.3, 0.4) is 0 Å². The van der Waals surface area contributed by atoms with Crippen LogP contribution in [0.2, 0.25) is 0 Å². The van der Waals surface area contributed by atoms with Gasteiger partial charge in [-0.3, -0.25) is 9.59 Å². The maximum atomic E-state index is 12.9. The molecule has 0 bridgehead atoms. The molecule has 1 N–H and O–H groups in total. The van der Waals surface area contributed by atoms with Gasteiger partial charge in [-0.2, -0.15) is 0 Å².